The van der Waals surface area contributed by atoms with Gasteiger partial charge in [-0.1, -0.05) is 11.6 Å². The molecule has 0 aliphatic heterocycles. The zero-order valence-corrected chi connectivity index (χ0v) is 12.2. The number of amides is 1. The Labute approximate surface area is 130 Å². The summed E-state index contributed by atoms with van der Waals surface area (Å²) < 4.78 is 33.3. The number of rotatable bonds is 5. The molecule has 0 fully saturated rings. The third kappa shape index (κ3) is 4.08. The number of hydrogen-bond donors (Lipinski definition) is 1. The molecule has 2 aromatic carbocycles. The normalized spacial score (nSPS) is 10.4. The van der Waals surface area contributed by atoms with E-state index in [4.69, 9.17) is 16.3 Å². The Morgan fingerprint density at radius 3 is 2.41 bits per heavy atom. The topological polar surface area (TPSA) is 47.6 Å². The van der Waals surface area contributed by atoms with Crippen LogP contribution in [0.25, 0.3) is 0 Å². The summed E-state index contributed by atoms with van der Waals surface area (Å²) in [4.78, 5) is 12.1. The fraction of sp³-hybridized carbons (Fsp3) is 0.133. The van der Waals surface area contributed by atoms with Crippen LogP contribution in [0, 0.1) is 0 Å². The van der Waals surface area contributed by atoms with Crippen molar-refractivity contribution in [2.75, 3.05) is 12.4 Å². The number of alkyl halides is 2. The predicted octanol–water partition coefficient (Wildman–Crippen LogP) is 4.20. The summed E-state index contributed by atoms with van der Waals surface area (Å²) in [5.74, 6) is 0.0966. The van der Waals surface area contributed by atoms with Gasteiger partial charge in [0.15, 0.2) is 0 Å². The first-order valence-electron chi connectivity index (χ1n) is 6.19. The van der Waals surface area contributed by atoms with Crippen LogP contribution in [-0.2, 0) is 0 Å². The van der Waals surface area contributed by atoms with Gasteiger partial charge in [-0.25, -0.2) is 0 Å². The first-order valence-corrected chi connectivity index (χ1v) is 6.57. The number of anilines is 1. The van der Waals surface area contributed by atoms with Crippen LogP contribution in [0.2, 0.25) is 5.02 Å². The van der Waals surface area contributed by atoms with Gasteiger partial charge in [0.2, 0.25) is 0 Å². The largest absolute Gasteiger partial charge is 0.495 e. The average Bonchev–Trinajstić information content (AvgIpc) is 2.48. The lowest BCUT2D eigenvalue weighted by Crippen LogP contribution is -2.12. The molecule has 0 radical (unpaired) electrons. The molecule has 0 saturated heterocycles. The minimum absolute atomic E-state index is 0.0143. The molecule has 116 valence electrons. The molecule has 4 nitrogen and oxygen atoms in total. The smallest absolute Gasteiger partial charge is 0.387 e. The van der Waals surface area contributed by atoms with Gasteiger partial charge in [0.05, 0.1) is 12.1 Å². The maximum Gasteiger partial charge on any atom is 0.387 e. The van der Waals surface area contributed by atoms with Crippen molar-refractivity contribution in [3.05, 3.63) is 53.1 Å². The molecule has 1 amide bonds. The summed E-state index contributed by atoms with van der Waals surface area (Å²) in [6.07, 6.45) is 0. The molecular formula is C15H12ClF2NO3. The van der Waals surface area contributed by atoms with Crippen molar-refractivity contribution in [3.8, 4) is 11.5 Å². The number of hydrogen-bond acceptors (Lipinski definition) is 3. The zero-order chi connectivity index (χ0) is 16.1. The standard InChI is InChI=1S/C15H12ClF2NO3/c1-21-13-7-2-9(8-12(13)16)14(20)19-10-3-5-11(6-4-10)22-15(17)18/h2-8,15H,1H3,(H,19,20). The van der Waals surface area contributed by atoms with Crippen molar-refractivity contribution in [3.63, 3.8) is 0 Å². The van der Waals surface area contributed by atoms with Crippen molar-refractivity contribution in [1.29, 1.82) is 0 Å². The number of ether oxygens (including phenoxy) is 2. The van der Waals surface area contributed by atoms with Gasteiger partial charge < -0.3 is 14.8 Å². The molecule has 1 N–H and O–H groups in total. The van der Waals surface area contributed by atoms with E-state index in [1.54, 1.807) is 12.1 Å². The first kappa shape index (κ1) is 16.0. The lowest BCUT2D eigenvalue weighted by molar-refractivity contribution is -0.0498. The predicted molar refractivity (Wildman–Crippen MR) is 79.0 cm³/mol. The highest BCUT2D eigenvalue weighted by atomic mass is 35.5. The number of carbonyl (C=O) groups excluding carboxylic acids is 1. The monoisotopic (exact) mass is 327 g/mol. The SMILES string of the molecule is COc1ccc(C(=O)Nc2ccc(OC(F)F)cc2)cc1Cl. The van der Waals surface area contributed by atoms with Gasteiger partial charge in [0, 0.05) is 11.3 Å². The molecule has 2 aromatic rings. The van der Waals surface area contributed by atoms with Crippen molar-refractivity contribution in [2.24, 2.45) is 0 Å². The van der Waals surface area contributed by atoms with Crippen LogP contribution < -0.4 is 14.8 Å². The Morgan fingerprint density at radius 1 is 1.18 bits per heavy atom. The van der Waals surface area contributed by atoms with Crippen LogP contribution in [0.5, 0.6) is 11.5 Å². The van der Waals surface area contributed by atoms with Gasteiger partial charge >= 0.3 is 6.61 Å². The number of halogens is 3. The zero-order valence-electron chi connectivity index (χ0n) is 11.5. The molecule has 7 heteroatoms. The molecule has 0 saturated carbocycles. The van der Waals surface area contributed by atoms with E-state index < -0.39 is 6.61 Å². The van der Waals surface area contributed by atoms with Crippen LogP contribution in [0.4, 0.5) is 14.5 Å². The summed E-state index contributed by atoms with van der Waals surface area (Å²) in [6.45, 7) is -2.89. The highest BCUT2D eigenvalue weighted by Gasteiger charge is 2.10. The van der Waals surface area contributed by atoms with Crippen LogP contribution in [0.3, 0.4) is 0 Å². The molecule has 0 bridgehead atoms. The second kappa shape index (κ2) is 7.09. The second-order valence-electron chi connectivity index (χ2n) is 4.21. The maximum atomic E-state index is 12.1. The second-order valence-corrected chi connectivity index (χ2v) is 4.61. The number of methoxy groups -OCH3 is 1. The van der Waals surface area contributed by atoms with Crippen molar-refractivity contribution < 1.29 is 23.0 Å². The molecule has 0 spiro atoms. The minimum atomic E-state index is -2.89. The molecular weight excluding hydrogens is 316 g/mol. The van der Waals surface area contributed by atoms with E-state index in [0.717, 1.165) is 0 Å². The Morgan fingerprint density at radius 2 is 1.86 bits per heavy atom. The minimum Gasteiger partial charge on any atom is -0.495 e. The van der Waals surface area contributed by atoms with Crippen molar-refractivity contribution in [2.45, 2.75) is 6.61 Å². The van der Waals surface area contributed by atoms with Gasteiger partial charge in [-0.05, 0) is 42.5 Å². The Hall–Kier alpha value is -2.34. The maximum absolute atomic E-state index is 12.1. The molecule has 0 heterocycles. The Kier molecular flexibility index (Phi) is 5.16. The van der Waals surface area contributed by atoms with Crippen molar-refractivity contribution >= 4 is 23.2 Å². The number of carbonyl (C=O) groups is 1. The lowest BCUT2D eigenvalue weighted by atomic mass is 10.2. The molecule has 0 aliphatic rings. The third-order valence-corrected chi connectivity index (χ3v) is 3.05. The van der Waals surface area contributed by atoms with Gasteiger partial charge in [-0.2, -0.15) is 8.78 Å². The van der Waals surface area contributed by atoms with Crippen LogP contribution in [0.1, 0.15) is 10.4 Å². The van der Waals surface area contributed by atoms with E-state index in [1.807, 2.05) is 0 Å². The van der Waals surface area contributed by atoms with E-state index in [-0.39, 0.29) is 11.7 Å². The quantitative estimate of drug-likeness (QED) is 0.895. The first-order chi connectivity index (χ1) is 10.5. The summed E-state index contributed by atoms with van der Waals surface area (Å²) in [5, 5.41) is 2.94. The molecule has 22 heavy (non-hydrogen) atoms. The summed E-state index contributed by atoms with van der Waals surface area (Å²) in [7, 11) is 1.48. The molecule has 2 rings (SSSR count). The van der Waals surface area contributed by atoms with Crippen molar-refractivity contribution in [1.82, 2.24) is 0 Å². The van der Waals surface area contributed by atoms with E-state index in [0.29, 0.717) is 22.0 Å². The Bertz CT molecular complexity index is 662. The highest BCUT2D eigenvalue weighted by Crippen LogP contribution is 2.25. The van der Waals surface area contributed by atoms with E-state index >= 15 is 0 Å². The number of nitrogens with one attached hydrogen (secondary N) is 1. The van der Waals surface area contributed by atoms with Gasteiger partial charge in [-0.15, -0.1) is 0 Å². The van der Waals surface area contributed by atoms with Crippen LogP contribution in [0.15, 0.2) is 42.5 Å². The van der Waals surface area contributed by atoms with E-state index in [9.17, 15) is 13.6 Å². The van der Waals surface area contributed by atoms with Gasteiger partial charge in [0.25, 0.3) is 5.91 Å². The lowest BCUT2D eigenvalue weighted by Gasteiger charge is -2.09. The molecule has 0 aliphatic carbocycles. The molecule has 0 atom stereocenters. The van der Waals surface area contributed by atoms with Gasteiger partial charge in [0.1, 0.15) is 11.5 Å². The summed E-state index contributed by atoms with van der Waals surface area (Å²) >= 11 is 5.95. The highest BCUT2D eigenvalue weighted by molar-refractivity contribution is 6.32. The third-order valence-electron chi connectivity index (χ3n) is 2.75. The van der Waals surface area contributed by atoms with Crippen LogP contribution in [-0.4, -0.2) is 19.6 Å². The average molecular weight is 328 g/mol. The Balaban J connectivity index is 2.06. The summed E-state index contributed by atoms with van der Waals surface area (Å²) in [5.41, 5.74) is 0.789. The van der Waals surface area contributed by atoms with Crippen LogP contribution >= 0.6 is 11.6 Å². The fourth-order valence-electron chi connectivity index (χ4n) is 1.73. The number of benzene rings is 2. The van der Waals surface area contributed by atoms with E-state index in [2.05, 4.69) is 10.1 Å². The van der Waals surface area contributed by atoms with Gasteiger partial charge in [-0.3, -0.25) is 4.79 Å². The van der Waals surface area contributed by atoms with E-state index in [1.165, 1.54) is 37.4 Å². The molecule has 0 aromatic heterocycles. The fourth-order valence-corrected chi connectivity index (χ4v) is 1.99. The summed E-state index contributed by atoms with van der Waals surface area (Å²) in [6, 6.07) is 10.2. The molecule has 0 unspecified atom stereocenters.